The number of hydrogen-bond donors (Lipinski definition) is 3. The maximum Gasteiger partial charge on any atom is 0.226 e. The molecule has 1 amide bonds. The van der Waals surface area contributed by atoms with Gasteiger partial charge in [0.15, 0.2) is 0 Å². The minimum atomic E-state index is -0.334. The van der Waals surface area contributed by atoms with Gasteiger partial charge < -0.3 is 20.5 Å². The molecule has 1 aliphatic heterocycles. The van der Waals surface area contributed by atoms with Gasteiger partial charge in [-0.3, -0.25) is 4.79 Å². The first kappa shape index (κ1) is 17.7. The van der Waals surface area contributed by atoms with Gasteiger partial charge in [-0.2, -0.15) is 0 Å². The number of carbonyl (C=O) groups excluding carboxylic acids is 1. The van der Waals surface area contributed by atoms with E-state index in [0.29, 0.717) is 19.7 Å². The van der Waals surface area contributed by atoms with Crippen molar-refractivity contribution in [2.75, 3.05) is 33.4 Å². The summed E-state index contributed by atoms with van der Waals surface area (Å²) in [4.78, 5) is 12.5. The Kier molecular flexibility index (Phi) is 7.23. The van der Waals surface area contributed by atoms with E-state index in [-0.39, 0.29) is 35.8 Å². The van der Waals surface area contributed by atoms with Crippen LogP contribution in [0.15, 0.2) is 0 Å². The Bertz CT molecular complexity index is 309. The summed E-state index contributed by atoms with van der Waals surface area (Å²) in [6.07, 6.45) is 4.66. The summed E-state index contributed by atoms with van der Waals surface area (Å²) in [6.45, 7) is 2.63. The molecular weight excluding hydrogens is 280 g/mol. The van der Waals surface area contributed by atoms with E-state index in [1.165, 1.54) is 0 Å². The molecule has 0 bridgehead atoms. The number of β-amino-alcohol motifs (C(OH)–C–C–N with tert-alkyl or cyclic N) is 1. The summed E-state index contributed by atoms with van der Waals surface area (Å²) in [6, 6.07) is 0. The molecule has 1 heterocycles. The average Bonchev–Trinajstić information content (AvgIpc) is 3.03. The van der Waals surface area contributed by atoms with E-state index in [4.69, 9.17) is 4.74 Å². The molecular formula is C14H27ClN2O3. The molecule has 0 aromatic rings. The molecule has 0 radical (unpaired) electrons. The number of rotatable bonds is 6. The van der Waals surface area contributed by atoms with Crippen molar-refractivity contribution in [3.05, 3.63) is 0 Å². The van der Waals surface area contributed by atoms with Crippen molar-refractivity contribution in [1.82, 2.24) is 10.6 Å². The Hall–Kier alpha value is -0.360. The topological polar surface area (TPSA) is 70.6 Å². The fraction of sp³-hybridized carbons (Fsp3) is 0.929. The number of amides is 1. The third-order valence-electron chi connectivity index (χ3n) is 4.66. The van der Waals surface area contributed by atoms with E-state index < -0.39 is 0 Å². The predicted molar refractivity (Wildman–Crippen MR) is 80.0 cm³/mol. The van der Waals surface area contributed by atoms with Gasteiger partial charge in [-0.05, 0) is 19.3 Å². The number of carbonyl (C=O) groups is 1. The molecule has 6 heteroatoms. The van der Waals surface area contributed by atoms with Crippen LogP contribution < -0.4 is 10.6 Å². The predicted octanol–water partition coefficient (Wildman–Crippen LogP) is 0.702. The maximum absolute atomic E-state index is 12.5. The normalized spacial score (nSPS) is 28.1. The van der Waals surface area contributed by atoms with Crippen LogP contribution in [0.25, 0.3) is 0 Å². The highest BCUT2D eigenvalue weighted by Crippen LogP contribution is 2.41. The van der Waals surface area contributed by atoms with Crippen LogP contribution in [0, 0.1) is 11.3 Å². The number of methoxy groups -OCH3 is 1. The molecule has 118 valence electrons. The third-order valence-corrected chi connectivity index (χ3v) is 4.66. The maximum atomic E-state index is 12.5. The van der Waals surface area contributed by atoms with Crippen LogP contribution in [0.1, 0.15) is 32.1 Å². The first-order valence-electron chi connectivity index (χ1n) is 7.34. The van der Waals surface area contributed by atoms with Crippen LogP contribution in [0.4, 0.5) is 0 Å². The molecule has 0 aromatic carbocycles. The number of hydrogen-bond acceptors (Lipinski definition) is 4. The van der Waals surface area contributed by atoms with Crippen LogP contribution in [-0.2, 0) is 9.53 Å². The first-order chi connectivity index (χ1) is 9.18. The second kappa shape index (κ2) is 8.17. The van der Waals surface area contributed by atoms with Gasteiger partial charge in [0, 0.05) is 39.3 Å². The standard InChI is InChI=1S/C14H26N2O3.ClH/c1-19-7-6-14(4-2-3-5-14)13(18)16-9-11-8-15-10-12(11)17;/h11-12,15,17H,2-10H2,1H3,(H,16,18);1H. The molecule has 1 saturated carbocycles. The van der Waals surface area contributed by atoms with Gasteiger partial charge >= 0.3 is 0 Å². The van der Waals surface area contributed by atoms with Crippen molar-refractivity contribution in [2.45, 2.75) is 38.2 Å². The number of ether oxygens (including phenoxy) is 1. The van der Waals surface area contributed by atoms with Gasteiger partial charge in [0.1, 0.15) is 0 Å². The summed E-state index contributed by atoms with van der Waals surface area (Å²) in [5.41, 5.74) is -0.229. The monoisotopic (exact) mass is 306 g/mol. The van der Waals surface area contributed by atoms with Crippen molar-refractivity contribution in [1.29, 1.82) is 0 Å². The van der Waals surface area contributed by atoms with Crippen LogP contribution in [0.3, 0.4) is 0 Å². The number of aliphatic hydroxyl groups excluding tert-OH is 1. The largest absolute Gasteiger partial charge is 0.391 e. The van der Waals surface area contributed by atoms with Gasteiger partial charge in [-0.1, -0.05) is 12.8 Å². The quantitative estimate of drug-likeness (QED) is 0.676. The van der Waals surface area contributed by atoms with E-state index in [0.717, 1.165) is 38.6 Å². The van der Waals surface area contributed by atoms with E-state index in [1.54, 1.807) is 7.11 Å². The summed E-state index contributed by atoms with van der Waals surface area (Å²) in [5, 5.41) is 15.9. The number of halogens is 1. The van der Waals surface area contributed by atoms with Gasteiger partial charge in [0.25, 0.3) is 0 Å². The molecule has 2 atom stereocenters. The molecule has 3 N–H and O–H groups in total. The van der Waals surface area contributed by atoms with E-state index in [9.17, 15) is 9.90 Å². The van der Waals surface area contributed by atoms with Crippen molar-refractivity contribution in [3.63, 3.8) is 0 Å². The van der Waals surface area contributed by atoms with E-state index >= 15 is 0 Å². The number of nitrogens with one attached hydrogen (secondary N) is 2. The zero-order chi connectivity index (χ0) is 13.7. The molecule has 0 spiro atoms. The smallest absolute Gasteiger partial charge is 0.226 e. The van der Waals surface area contributed by atoms with Gasteiger partial charge in [-0.15, -0.1) is 12.4 Å². The average molecular weight is 307 g/mol. The van der Waals surface area contributed by atoms with Gasteiger partial charge in [0.2, 0.25) is 5.91 Å². The van der Waals surface area contributed by atoms with Crippen LogP contribution >= 0.6 is 12.4 Å². The van der Waals surface area contributed by atoms with Gasteiger partial charge in [-0.25, -0.2) is 0 Å². The zero-order valence-electron chi connectivity index (χ0n) is 12.2. The Morgan fingerprint density at radius 1 is 1.40 bits per heavy atom. The van der Waals surface area contributed by atoms with Crippen LogP contribution in [0.5, 0.6) is 0 Å². The highest BCUT2D eigenvalue weighted by molar-refractivity contribution is 5.85. The lowest BCUT2D eigenvalue weighted by atomic mass is 9.82. The molecule has 0 aromatic heterocycles. The number of aliphatic hydroxyl groups is 1. The third kappa shape index (κ3) is 4.07. The van der Waals surface area contributed by atoms with Crippen molar-refractivity contribution in [3.8, 4) is 0 Å². The minimum absolute atomic E-state index is 0. The molecule has 1 saturated heterocycles. The van der Waals surface area contributed by atoms with Crippen molar-refractivity contribution < 1.29 is 14.6 Å². The molecule has 2 fully saturated rings. The summed E-state index contributed by atoms with van der Waals surface area (Å²) < 4.78 is 5.14. The lowest BCUT2D eigenvalue weighted by molar-refractivity contribution is -0.132. The van der Waals surface area contributed by atoms with Crippen molar-refractivity contribution >= 4 is 18.3 Å². The second-order valence-electron chi connectivity index (χ2n) is 5.93. The summed E-state index contributed by atoms with van der Waals surface area (Å²) in [5.74, 6) is 0.297. The Morgan fingerprint density at radius 3 is 2.65 bits per heavy atom. The fourth-order valence-electron chi connectivity index (χ4n) is 3.28. The highest BCUT2D eigenvalue weighted by atomic mass is 35.5. The zero-order valence-corrected chi connectivity index (χ0v) is 13.0. The Balaban J connectivity index is 0.00000200. The van der Waals surface area contributed by atoms with Crippen LogP contribution in [0.2, 0.25) is 0 Å². The lowest BCUT2D eigenvalue weighted by Crippen LogP contribution is -2.43. The second-order valence-corrected chi connectivity index (χ2v) is 5.93. The van der Waals surface area contributed by atoms with E-state index in [1.807, 2.05) is 0 Å². The first-order valence-corrected chi connectivity index (χ1v) is 7.34. The molecule has 2 aliphatic rings. The van der Waals surface area contributed by atoms with E-state index in [2.05, 4.69) is 10.6 Å². The Morgan fingerprint density at radius 2 is 2.10 bits per heavy atom. The lowest BCUT2D eigenvalue weighted by Gasteiger charge is -2.28. The molecule has 2 unspecified atom stereocenters. The molecule has 2 rings (SSSR count). The molecule has 20 heavy (non-hydrogen) atoms. The van der Waals surface area contributed by atoms with Gasteiger partial charge in [0.05, 0.1) is 11.5 Å². The minimum Gasteiger partial charge on any atom is -0.391 e. The molecule has 5 nitrogen and oxygen atoms in total. The highest BCUT2D eigenvalue weighted by Gasteiger charge is 2.40. The summed E-state index contributed by atoms with van der Waals surface area (Å²) >= 11 is 0. The SMILES string of the molecule is COCCC1(C(=O)NCC2CNCC2O)CCCC1.Cl. The summed E-state index contributed by atoms with van der Waals surface area (Å²) in [7, 11) is 1.68. The van der Waals surface area contributed by atoms with Crippen LogP contribution in [-0.4, -0.2) is 50.5 Å². The Labute approximate surface area is 127 Å². The molecule has 1 aliphatic carbocycles. The fourth-order valence-corrected chi connectivity index (χ4v) is 3.28. The van der Waals surface area contributed by atoms with Crippen molar-refractivity contribution in [2.24, 2.45) is 11.3 Å².